The van der Waals surface area contributed by atoms with Gasteiger partial charge in [0, 0.05) is 0 Å². The molecule has 0 unspecified atom stereocenters. The van der Waals surface area contributed by atoms with Crippen LogP contribution in [0.2, 0.25) is 0 Å². The van der Waals surface area contributed by atoms with E-state index in [0.717, 1.165) is 0 Å². The van der Waals surface area contributed by atoms with Gasteiger partial charge in [-0.25, -0.2) is 0 Å². The lowest BCUT2D eigenvalue weighted by Crippen LogP contribution is -2.44. The van der Waals surface area contributed by atoms with E-state index in [-0.39, 0.29) is 16.4 Å². The van der Waals surface area contributed by atoms with Gasteiger partial charge >= 0.3 is 12.1 Å². The standard InChI is InChI=1S/C12H12F3NO5/c13-12(14,15)7-16(5-11(19)20)10(18)6-21-9-4-2-1-3-8(9)17/h1-4,17H,5-7H2,(H,19,20). The normalized spacial score (nSPS) is 11.0. The molecule has 1 rings (SSSR count). The number of carboxylic acid groups (broad SMARTS) is 1. The molecule has 0 aliphatic carbocycles. The zero-order valence-corrected chi connectivity index (χ0v) is 10.6. The van der Waals surface area contributed by atoms with Gasteiger partial charge in [0.25, 0.3) is 5.91 Å². The number of alkyl halides is 3. The van der Waals surface area contributed by atoms with Gasteiger partial charge in [0.2, 0.25) is 0 Å². The maximum atomic E-state index is 12.3. The van der Waals surface area contributed by atoms with E-state index in [0.29, 0.717) is 0 Å². The molecule has 1 aromatic carbocycles. The summed E-state index contributed by atoms with van der Waals surface area (Å²) in [5.74, 6) is -3.10. The molecule has 116 valence electrons. The minimum atomic E-state index is -4.72. The molecule has 0 saturated carbocycles. The second kappa shape index (κ2) is 6.82. The predicted molar refractivity (Wildman–Crippen MR) is 63.9 cm³/mol. The van der Waals surface area contributed by atoms with Crippen LogP contribution in [-0.4, -0.2) is 52.9 Å². The van der Waals surface area contributed by atoms with E-state index in [1.165, 1.54) is 24.3 Å². The Morgan fingerprint density at radius 2 is 1.86 bits per heavy atom. The largest absolute Gasteiger partial charge is 0.504 e. The zero-order chi connectivity index (χ0) is 16.0. The van der Waals surface area contributed by atoms with Crippen molar-refractivity contribution in [3.63, 3.8) is 0 Å². The van der Waals surface area contributed by atoms with E-state index in [9.17, 15) is 27.9 Å². The third-order valence-electron chi connectivity index (χ3n) is 2.27. The molecule has 0 aliphatic rings. The van der Waals surface area contributed by atoms with E-state index in [1.54, 1.807) is 0 Å². The number of para-hydroxylation sites is 2. The molecule has 0 bridgehead atoms. The van der Waals surface area contributed by atoms with Gasteiger partial charge < -0.3 is 19.8 Å². The molecule has 2 N–H and O–H groups in total. The number of nitrogens with zero attached hydrogens (tertiary/aromatic N) is 1. The maximum absolute atomic E-state index is 12.3. The average molecular weight is 307 g/mol. The number of amides is 1. The molecule has 0 radical (unpaired) electrons. The summed E-state index contributed by atoms with van der Waals surface area (Å²) in [4.78, 5) is 22.2. The first-order chi connectivity index (χ1) is 9.69. The van der Waals surface area contributed by atoms with Crippen molar-refractivity contribution in [2.75, 3.05) is 19.7 Å². The van der Waals surface area contributed by atoms with Crippen LogP contribution in [0.25, 0.3) is 0 Å². The lowest BCUT2D eigenvalue weighted by Gasteiger charge is -2.22. The second-order valence-corrected chi connectivity index (χ2v) is 4.02. The maximum Gasteiger partial charge on any atom is 0.406 e. The fraction of sp³-hybridized carbons (Fsp3) is 0.333. The predicted octanol–water partition coefficient (Wildman–Crippen LogP) is 1.25. The summed E-state index contributed by atoms with van der Waals surface area (Å²) >= 11 is 0. The number of phenolic OH excluding ortho intramolecular Hbond substituents is 1. The van der Waals surface area contributed by atoms with Gasteiger partial charge in [0.1, 0.15) is 13.1 Å². The minimum absolute atomic E-state index is 0.0897. The summed E-state index contributed by atoms with van der Waals surface area (Å²) in [6.07, 6.45) is -4.72. The molecule has 1 aromatic rings. The molecule has 0 aromatic heterocycles. The Hall–Kier alpha value is -2.45. The van der Waals surface area contributed by atoms with Crippen LogP contribution in [-0.2, 0) is 9.59 Å². The van der Waals surface area contributed by atoms with E-state index in [2.05, 4.69) is 0 Å². The highest BCUT2D eigenvalue weighted by atomic mass is 19.4. The van der Waals surface area contributed by atoms with Crippen molar-refractivity contribution in [1.82, 2.24) is 4.90 Å². The number of benzene rings is 1. The Kier molecular flexibility index (Phi) is 5.39. The Morgan fingerprint density at radius 1 is 1.24 bits per heavy atom. The van der Waals surface area contributed by atoms with Gasteiger partial charge in [-0.05, 0) is 12.1 Å². The van der Waals surface area contributed by atoms with Crippen LogP contribution >= 0.6 is 0 Å². The van der Waals surface area contributed by atoms with Crippen molar-refractivity contribution in [2.24, 2.45) is 0 Å². The quantitative estimate of drug-likeness (QED) is 0.826. The molecular weight excluding hydrogens is 295 g/mol. The first kappa shape index (κ1) is 16.6. The molecule has 0 heterocycles. The molecule has 0 spiro atoms. The van der Waals surface area contributed by atoms with Gasteiger partial charge in [-0.15, -0.1) is 0 Å². The van der Waals surface area contributed by atoms with E-state index >= 15 is 0 Å². The Morgan fingerprint density at radius 3 is 2.38 bits per heavy atom. The van der Waals surface area contributed by atoms with Gasteiger partial charge in [0.15, 0.2) is 18.1 Å². The van der Waals surface area contributed by atoms with Crippen LogP contribution in [0.15, 0.2) is 24.3 Å². The van der Waals surface area contributed by atoms with E-state index < -0.39 is 37.7 Å². The monoisotopic (exact) mass is 307 g/mol. The molecular formula is C12H12F3NO5. The number of ether oxygens (including phenoxy) is 1. The van der Waals surface area contributed by atoms with Crippen molar-refractivity contribution < 1.29 is 37.7 Å². The molecule has 1 amide bonds. The Bertz CT molecular complexity index is 518. The second-order valence-electron chi connectivity index (χ2n) is 4.02. The third kappa shape index (κ3) is 6.02. The summed E-state index contributed by atoms with van der Waals surface area (Å²) in [6, 6.07) is 5.56. The highest BCUT2D eigenvalue weighted by Gasteiger charge is 2.34. The highest BCUT2D eigenvalue weighted by Crippen LogP contribution is 2.24. The first-order valence-electron chi connectivity index (χ1n) is 5.66. The molecule has 21 heavy (non-hydrogen) atoms. The number of phenols is 1. The van der Waals surface area contributed by atoms with Crippen molar-refractivity contribution >= 4 is 11.9 Å². The van der Waals surface area contributed by atoms with Crippen LogP contribution in [0, 0.1) is 0 Å². The number of aliphatic carboxylic acids is 1. The molecule has 0 aliphatic heterocycles. The van der Waals surface area contributed by atoms with E-state index in [4.69, 9.17) is 9.84 Å². The fourth-order valence-corrected chi connectivity index (χ4v) is 1.42. The highest BCUT2D eigenvalue weighted by molar-refractivity contribution is 5.82. The number of rotatable bonds is 6. The number of carbonyl (C=O) groups excluding carboxylic acids is 1. The average Bonchev–Trinajstić information content (AvgIpc) is 2.34. The van der Waals surface area contributed by atoms with Crippen LogP contribution in [0.4, 0.5) is 13.2 Å². The van der Waals surface area contributed by atoms with Crippen LogP contribution < -0.4 is 4.74 Å². The lowest BCUT2D eigenvalue weighted by atomic mass is 10.3. The molecule has 6 nitrogen and oxygen atoms in total. The number of aromatic hydroxyl groups is 1. The summed E-state index contributed by atoms with van der Waals surface area (Å²) in [5.41, 5.74) is 0. The summed E-state index contributed by atoms with van der Waals surface area (Å²) in [7, 11) is 0. The van der Waals surface area contributed by atoms with Gasteiger partial charge in [-0.2, -0.15) is 13.2 Å². The smallest absolute Gasteiger partial charge is 0.406 e. The Balaban J connectivity index is 2.68. The van der Waals surface area contributed by atoms with Crippen molar-refractivity contribution in [3.05, 3.63) is 24.3 Å². The summed E-state index contributed by atoms with van der Waals surface area (Å²) in [6.45, 7) is -3.61. The van der Waals surface area contributed by atoms with Crippen molar-refractivity contribution in [2.45, 2.75) is 6.18 Å². The number of carboxylic acids is 1. The third-order valence-corrected chi connectivity index (χ3v) is 2.27. The SMILES string of the molecule is O=C(O)CN(CC(F)(F)F)C(=O)COc1ccccc1O. The number of carbonyl (C=O) groups is 2. The van der Waals surface area contributed by atoms with Crippen LogP contribution in [0.3, 0.4) is 0 Å². The summed E-state index contributed by atoms with van der Waals surface area (Å²) in [5, 5.41) is 17.9. The van der Waals surface area contributed by atoms with Crippen LogP contribution in [0.1, 0.15) is 0 Å². The molecule has 9 heteroatoms. The molecule has 0 saturated heterocycles. The van der Waals surface area contributed by atoms with Crippen LogP contribution in [0.5, 0.6) is 11.5 Å². The molecule has 0 fully saturated rings. The Labute approximate surface area is 117 Å². The van der Waals surface area contributed by atoms with Gasteiger partial charge in [0.05, 0.1) is 0 Å². The van der Waals surface area contributed by atoms with Gasteiger partial charge in [-0.3, -0.25) is 9.59 Å². The number of hydrogen-bond acceptors (Lipinski definition) is 4. The molecule has 0 atom stereocenters. The minimum Gasteiger partial charge on any atom is -0.504 e. The zero-order valence-electron chi connectivity index (χ0n) is 10.6. The fourth-order valence-electron chi connectivity index (χ4n) is 1.42. The lowest BCUT2D eigenvalue weighted by molar-refractivity contribution is -0.166. The number of halogens is 3. The summed E-state index contributed by atoms with van der Waals surface area (Å²) < 4.78 is 41.7. The van der Waals surface area contributed by atoms with Crippen molar-refractivity contribution in [1.29, 1.82) is 0 Å². The first-order valence-corrected chi connectivity index (χ1v) is 5.66. The van der Waals surface area contributed by atoms with Gasteiger partial charge in [-0.1, -0.05) is 12.1 Å². The van der Waals surface area contributed by atoms with Crippen molar-refractivity contribution in [3.8, 4) is 11.5 Å². The van der Waals surface area contributed by atoms with E-state index in [1.807, 2.05) is 0 Å². The topological polar surface area (TPSA) is 87.1 Å². The number of hydrogen-bond donors (Lipinski definition) is 2.